The molecule has 3 saturated heterocycles. The number of benzene rings is 2. The minimum absolute atomic E-state index is 0.133. The summed E-state index contributed by atoms with van der Waals surface area (Å²) < 4.78 is 29.6. The van der Waals surface area contributed by atoms with Crippen molar-refractivity contribution in [2.45, 2.75) is 76.9 Å². The molecule has 1 atom stereocenters. The zero-order valence-corrected chi connectivity index (χ0v) is 29.8. The van der Waals surface area contributed by atoms with Gasteiger partial charge in [-0.3, -0.25) is 33.4 Å². The second-order valence-electron chi connectivity index (χ2n) is 14.9. The van der Waals surface area contributed by atoms with Gasteiger partial charge in [0.2, 0.25) is 5.91 Å². The van der Waals surface area contributed by atoms with Gasteiger partial charge in [0.15, 0.2) is 0 Å². The third kappa shape index (κ3) is 7.73. The lowest BCUT2D eigenvalue weighted by molar-refractivity contribution is -0.151. The number of methoxy groups -OCH3 is 1. The van der Waals surface area contributed by atoms with Crippen LogP contribution in [0.4, 0.5) is 9.18 Å². The molecular formula is C37H49FN6O6. The summed E-state index contributed by atoms with van der Waals surface area (Å²) in [6.07, 6.45) is 0.662. The van der Waals surface area contributed by atoms with Crippen LogP contribution in [0.5, 0.6) is 5.75 Å². The van der Waals surface area contributed by atoms with Crippen molar-refractivity contribution in [3.63, 3.8) is 0 Å². The number of aromatic nitrogens is 2. The first-order chi connectivity index (χ1) is 23.7. The predicted molar refractivity (Wildman–Crippen MR) is 187 cm³/mol. The first-order valence-electron chi connectivity index (χ1n) is 17.5. The fourth-order valence-corrected chi connectivity index (χ4v) is 7.29. The number of nitrogens with zero attached hydrogens (tertiary/aromatic N) is 6. The number of likely N-dealkylation sites (tertiary alicyclic amines) is 2. The number of carbonyl (C=O) groups is 3. The van der Waals surface area contributed by atoms with Crippen molar-refractivity contribution < 1.29 is 28.2 Å². The van der Waals surface area contributed by atoms with Gasteiger partial charge in [-0.05, 0) is 62.6 Å². The number of alkyl halides is 1. The normalized spacial score (nSPS) is 20.8. The van der Waals surface area contributed by atoms with Gasteiger partial charge in [0.1, 0.15) is 23.1 Å². The summed E-state index contributed by atoms with van der Waals surface area (Å²) in [5.41, 5.74) is 1.04. The lowest BCUT2D eigenvalue weighted by Gasteiger charge is -2.42. The molecule has 13 heteroatoms. The van der Waals surface area contributed by atoms with E-state index in [1.807, 2.05) is 51.1 Å². The highest BCUT2D eigenvalue weighted by atomic mass is 19.1. The number of imidazole rings is 1. The third-order valence-corrected chi connectivity index (χ3v) is 10.1. The molecule has 1 unspecified atom stereocenters. The number of ether oxygens (including phenoxy) is 2. The summed E-state index contributed by atoms with van der Waals surface area (Å²) in [6, 6.07) is 12.4. The van der Waals surface area contributed by atoms with Gasteiger partial charge in [-0.2, -0.15) is 0 Å². The SMILES string of the molecule is COc1ccc(CN2C(=O)CCC(n3c(=O)n(C)c4cc(CN5CCN(CC6(F)CCN(C(=O)OC(C)(C)C)CC6)CC5)ccc43)C2=O)cc1. The van der Waals surface area contributed by atoms with Crippen LogP contribution in [0.2, 0.25) is 0 Å². The minimum Gasteiger partial charge on any atom is -0.497 e. The van der Waals surface area contributed by atoms with Gasteiger partial charge >= 0.3 is 11.8 Å². The molecule has 4 heterocycles. The van der Waals surface area contributed by atoms with Crippen LogP contribution in [0.1, 0.15) is 63.6 Å². The number of piperazine rings is 1. The molecule has 6 rings (SSSR count). The van der Waals surface area contributed by atoms with Crippen molar-refractivity contribution in [1.82, 2.24) is 28.7 Å². The molecule has 2 aromatic carbocycles. The van der Waals surface area contributed by atoms with Crippen LogP contribution in [-0.2, 0) is 34.5 Å². The van der Waals surface area contributed by atoms with Gasteiger partial charge in [-0.25, -0.2) is 14.0 Å². The highest BCUT2D eigenvalue weighted by Gasteiger charge is 2.40. The molecule has 270 valence electrons. The van der Waals surface area contributed by atoms with Crippen molar-refractivity contribution in [1.29, 1.82) is 0 Å². The van der Waals surface area contributed by atoms with E-state index in [1.165, 1.54) is 4.90 Å². The molecule has 0 bridgehead atoms. The lowest BCUT2D eigenvalue weighted by atomic mass is 9.92. The molecule has 12 nitrogen and oxygen atoms in total. The van der Waals surface area contributed by atoms with E-state index in [1.54, 1.807) is 40.3 Å². The first-order valence-corrected chi connectivity index (χ1v) is 17.5. The van der Waals surface area contributed by atoms with E-state index in [0.29, 0.717) is 50.3 Å². The fraction of sp³-hybridized carbons (Fsp3) is 0.568. The number of carbonyl (C=O) groups excluding carboxylic acids is 3. The third-order valence-electron chi connectivity index (χ3n) is 10.1. The number of rotatable bonds is 8. The average Bonchev–Trinajstić information content (AvgIpc) is 3.32. The Morgan fingerprint density at radius 1 is 0.880 bits per heavy atom. The molecule has 50 heavy (non-hydrogen) atoms. The Morgan fingerprint density at radius 2 is 1.52 bits per heavy atom. The van der Waals surface area contributed by atoms with E-state index >= 15 is 4.39 Å². The predicted octanol–water partition coefficient (Wildman–Crippen LogP) is 4.10. The Bertz CT molecular complexity index is 1780. The second-order valence-corrected chi connectivity index (χ2v) is 14.9. The molecule has 1 aromatic heterocycles. The second kappa shape index (κ2) is 14.2. The molecule has 3 fully saturated rings. The maximum atomic E-state index is 15.8. The summed E-state index contributed by atoms with van der Waals surface area (Å²) >= 11 is 0. The summed E-state index contributed by atoms with van der Waals surface area (Å²) in [4.78, 5) is 59.9. The van der Waals surface area contributed by atoms with Crippen LogP contribution in [0, 0.1) is 0 Å². The van der Waals surface area contributed by atoms with Crippen LogP contribution in [0.25, 0.3) is 11.0 Å². The number of amides is 3. The van der Waals surface area contributed by atoms with E-state index in [4.69, 9.17) is 9.47 Å². The van der Waals surface area contributed by atoms with Crippen LogP contribution >= 0.6 is 0 Å². The smallest absolute Gasteiger partial charge is 0.410 e. The Balaban J connectivity index is 1.06. The van der Waals surface area contributed by atoms with Crippen molar-refractivity contribution in [2.24, 2.45) is 7.05 Å². The summed E-state index contributed by atoms with van der Waals surface area (Å²) in [6.45, 7) is 10.4. The topological polar surface area (TPSA) is 110 Å². The summed E-state index contributed by atoms with van der Waals surface area (Å²) in [7, 11) is 3.29. The Hall–Kier alpha value is -4.23. The average molecular weight is 693 g/mol. The zero-order chi connectivity index (χ0) is 35.8. The van der Waals surface area contributed by atoms with Crippen LogP contribution < -0.4 is 10.4 Å². The van der Waals surface area contributed by atoms with Crippen molar-refractivity contribution >= 4 is 28.9 Å². The van der Waals surface area contributed by atoms with E-state index < -0.39 is 17.3 Å². The van der Waals surface area contributed by atoms with Gasteiger partial charge in [-0.1, -0.05) is 18.2 Å². The zero-order valence-electron chi connectivity index (χ0n) is 29.8. The van der Waals surface area contributed by atoms with Gasteiger partial charge in [0.25, 0.3) is 5.91 Å². The van der Waals surface area contributed by atoms with Crippen LogP contribution in [0.3, 0.4) is 0 Å². The molecule has 0 saturated carbocycles. The van der Waals surface area contributed by atoms with E-state index in [0.717, 1.165) is 42.8 Å². The molecule has 0 radical (unpaired) electrons. The standard InChI is InChI=1S/C37H49FN6O6/c1-36(2,3)50-35(48)42-16-14-37(38,15-17-42)25-41-20-18-40(19-21-41)23-27-8-11-29-31(22-27)39(4)34(47)44(29)30-12-13-32(45)43(33(30)46)24-26-6-9-28(49-5)10-7-26/h6-11,22,30H,12-21,23-25H2,1-5H3. The highest BCUT2D eigenvalue weighted by molar-refractivity contribution is 6.00. The summed E-state index contributed by atoms with van der Waals surface area (Å²) in [5, 5.41) is 0. The Morgan fingerprint density at radius 3 is 2.16 bits per heavy atom. The van der Waals surface area contributed by atoms with E-state index in [2.05, 4.69) is 9.80 Å². The molecule has 3 amide bonds. The van der Waals surface area contributed by atoms with Crippen molar-refractivity contribution in [3.8, 4) is 5.75 Å². The van der Waals surface area contributed by atoms with Crippen molar-refractivity contribution in [3.05, 3.63) is 64.1 Å². The number of halogens is 1. The number of hydrogen-bond donors (Lipinski definition) is 0. The molecule has 3 aliphatic heterocycles. The number of imide groups is 1. The number of aryl methyl sites for hydroxylation is 1. The van der Waals surface area contributed by atoms with E-state index in [9.17, 15) is 19.2 Å². The maximum absolute atomic E-state index is 15.8. The Labute approximate surface area is 292 Å². The number of hydrogen-bond acceptors (Lipinski definition) is 8. The van der Waals surface area contributed by atoms with Crippen LogP contribution in [-0.4, -0.2) is 111 Å². The lowest BCUT2D eigenvalue weighted by Crippen LogP contribution is -2.54. The maximum Gasteiger partial charge on any atom is 0.410 e. The molecular weight excluding hydrogens is 643 g/mol. The van der Waals surface area contributed by atoms with Crippen molar-refractivity contribution in [2.75, 3.05) is 52.9 Å². The van der Waals surface area contributed by atoms with Gasteiger partial charge in [0, 0.05) is 78.7 Å². The molecule has 0 N–H and O–H groups in total. The molecule has 0 aliphatic carbocycles. The van der Waals surface area contributed by atoms with Gasteiger partial charge < -0.3 is 14.4 Å². The summed E-state index contributed by atoms with van der Waals surface area (Å²) in [5.74, 6) is 0.0623. The Kier molecular flexibility index (Phi) is 10.1. The monoisotopic (exact) mass is 692 g/mol. The first kappa shape index (κ1) is 35.6. The van der Waals surface area contributed by atoms with Gasteiger partial charge in [-0.15, -0.1) is 0 Å². The van der Waals surface area contributed by atoms with Gasteiger partial charge in [0.05, 0.1) is 24.7 Å². The largest absolute Gasteiger partial charge is 0.497 e. The molecule has 3 aromatic rings. The quantitative estimate of drug-likeness (QED) is 0.325. The number of piperidine rings is 2. The molecule has 3 aliphatic rings. The minimum atomic E-state index is -1.33. The van der Waals surface area contributed by atoms with Crippen LogP contribution in [0.15, 0.2) is 47.3 Å². The van der Waals surface area contributed by atoms with E-state index in [-0.39, 0.29) is 43.0 Å². The highest BCUT2D eigenvalue weighted by Crippen LogP contribution is 2.31. The number of fused-ring (bicyclic) bond motifs is 1. The fourth-order valence-electron chi connectivity index (χ4n) is 7.29. The molecule has 0 spiro atoms.